The maximum absolute atomic E-state index is 13.1. The molecule has 2 N–H and O–H groups in total. The van der Waals surface area contributed by atoms with Crippen molar-refractivity contribution in [2.45, 2.75) is 31.8 Å². The average molecular weight is 524 g/mol. The van der Waals surface area contributed by atoms with E-state index in [1.165, 1.54) is 5.56 Å². The topological polar surface area (TPSA) is 110 Å². The van der Waals surface area contributed by atoms with Gasteiger partial charge in [0.2, 0.25) is 0 Å². The molecule has 10 heteroatoms. The highest BCUT2D eigenvalue weighted by molar-refractivity contribution is 6.06. The van der Waals surface area contributed by atoms with Crippen molar-refractivity contribution in [1.29, 1.82) is 0 Å². The first-order valence-corrected chi connectivity index (χ1v) is 13.2. The fraction of sp³-hybridized carbons (Fsp3) is 0.310. The van der Waals surface area contributed by atoms with Crippen LogP contribution in [-0.2, 0) is 17.8 Å². The number of carbonyl (C=O) groups is 1. The number of nitrogens with zero attached hydrogens (tertiary/aromatic N) is 5. The molecule has 198 valence electrons. The Morgan fingerprint density at radius 1 is 1.08 bits per heavy atom. The molecule has 5 aromatic rings. The van der Waals surface area contributed by atoms with Gasteiger partial charge in [0, 0.05) is 37.9 Å². The zero-order chi connectivity index (χ0) is 26.5. The summed E-state index contributed by atoms with van der Waals surface area (Å²) in [4.78, 5) is 20.2. The molecule has 2 aliphatic rings. The van der Waals surface area contributed by atoms with Crippen molar-refractivity contribution in [3.63, 3.8) is 0 Å². The number of benzene rings is 1. The summed E-state index contributed by atoms with van der Waals surface area (Å²) in [7, 11) is 4.11. The first kappa shape index (κ1) is 23.8. The van der Waals surface area contributed by atoms with Gasteiger partial charge in [0.05, 0.1) is 28.7 Å². The lowest BCUT2D eigenvalue weighted by atomic mass is 9.90. The molecule has 10 nitrogen and oxygen atoms in total. The molecule has 0 aliphatic carbocycles. The molecule has 7 rings (SSSR count). The van der Waals surface area contributed by atoms with Gasteiger partial charge < -0.3 is 24.7 Å². The number of hydrogen-bond donors (Lipinski definition) is 2. The van der Waals surface area contributed by atoms with Gasteiger partial charge in [-0.3, -0.25) is 9.20 Å². The highest BCUT2D eigenvalue weighted by Gasteiger charge is 2.29. The number of aromatic nitrogens is 4. The largest absolute Gasteiger partial charge is 0.463 e. The minimum atomic E-state index is -0.121. The average Bonchev–Trinajstić information content (AvgIpc) is 3.68. The number of ether oxygens (including phenoxy) is 1. The highest BCUT2D eigenvalue weighted by Crippen LogP contribution is 2.36. The summed E-state index contributed by atoms with van der Waals surface area (Å²) >= 11 is 0. The van der Waals surface area contributed by atoms with Gasteiger partial charge in [-0.2, -0.15) is 0 Å². The van der Waals surface area contributed by atoms with Crippen LogP contribution in [0.3, 0.4) is 0 Å². The molecule has 4 aromatic heterocycles. The molecule has 1 aromatic carbocycles. The van der Waals surface area contributed by atoms with Gasteiger partial charge in [-0.1, -0.05) is 6.07 Å². The van der Waals surface area contributed by atoms with Crippen LogP contribution in [0.2, 0.25) is 0 Å². The van der Waals surface area contributed by atoms with Gasteiger partial charge in [-0.05, 0) is 74.3 Å². The van der Waals surface area contributed by atoms with Gasteiger partial charge in [0.1, 0.15) is 5.82 Å². The SMILES string of the molecule is CN(C)Cc1nc(Nc2ccc(-c3nnc4ccc5occc5n34)c3c2C(=O)NC3)ccc1C1CCOCC1. The van der Waals surface area contributed by atoms with Crippen LogP contribution < -0.4 is 10.6 Å². The van der Waals surface area contributed by atoms with E-state index in [-0.39, 0.29) is 5.91 Å². The Morgan fingerprint density at radius 3 is 2.79 bits per heavy atom. The summed E-state index contributed by atoms with van der Waals surface area (Å²) in [6, 6.07) is 13.8. The highest BCUT2D eigenvalue weighted by atomic mass is 16.5. The molecule has 1 saturated heterocycles. The van der Waals surface area contributed by atoms with Crippen molar-refractivity contribution in [2.24, 2.45) is 0 Å². The van der Waals surface area contributed by atoms with Crippen LogP contribution in [0, 0.1) is 0 Å². The Bertz CT molecular complexity index is 1720. The molecule has 1 fully saturated rings. The van der Waals surface area contributed by atoms with Crippen LogP contribution in [0.1, 0.15) is 45.9 Å². The van der Waals surface area contributed by atoms with E-state index in [2.05, 4.69) is 45.9 Å². The normalized spacial score (nSPS) is 15.8. The van der Waals surface area contributed by atoms with Gasteiger partial charge in [0.15, 0.2) is 17.1 Å². The van der Waals surface area contributed by atoms with E-state index in [0.29, 0.717) is 35.4 Å². The lowest BCUT2D eigenvalue weighted by Gasteiger charge is -2.25. The maximum atomic E-state index is 13.1. The minimum Gasteiger partial charge on any atom is -0.463 e. The van der Waals surface area contributed by atoms with E-state index in [1.54, 1.807) is 6.26 Å². The number of hydrogen-bond acceptors (Lipinski definition) is 8. The fourth-order valence-corrected chi connectivity index (χ4v) is 5.78. The Balaban J connectivity index is 1.28. The summed E-state index contributed by atoms with van der Waals surface area (Å²) < 4.78 is 13.1. The van der Waals surface area contributed by atoms with Crippen LogP contribution in [-0.4, -0.2) is 57.7 Å². The van der Waals surface area contributed by atoms with E-state index in [4.69, 9.17) is 14.1 Å². The second-order valence-corrected chi connectivity index (χ2v) is 10.4. The number of fused-ring (bicyclic) bond motifs is 4. The Labute approximate surface area is 225 Å². The van der Waals surface area contributed by atoms with Gasteiger partial charge in [-0.25, -0.2) is 4.98 Å². The Kier molecular flexibility index (Phi) is 5.79. The molecule has 0 unspecified atom stereocenters. The van der Waals surface area contributed by atoms with E-state index in [1.807, 2.05) is 40.8 Å². The summed E-state index contributed by atoms with van der Waals surface area (Å²) in [5.41, 5.74) is 7.72. The molecule has 0 saturated carbocycles. The molecule has 0 radical (unpaired) electrons. The lowest BCUT2D eigenvalue weighted by Crippen LogP contribution is -2.19. The number of carbonyl (C=O) groups excluding carboxylic acids is 1. The van der Waals surface area contributed by atoms with Gasteiger partial charge in [-0.15, -0.1) is 10.2 Å². The molecule has 6 heterocycles. The third kappa shape index (κ3) is 4.12. The first-order chi connectivity index (χ1) is 19.1. The third-order valence-electron chi connectivity index (χ3n) is 7.59. The molecule has 0 spiro atoms. The van der Waals surface area contributed by atoms with Crippen molar-refractivity contribution in [3.8, 4) is 11.4 Å². The minimum absolute atomic E-state index is 0.121. The second kappa shape index (κ2) is 9.48. The predicted molar refractivity (Wildman–Crippen MR) is 147 cm³/mol. The molecule has 0 atom stereocenters. The van der Waals surface area contributed by atoms with E-state index >= 15 is 0 Å². The molecular weight excluding hydrogens is 494 g/mol. The number of amides is 1. The Morgan fingerprint density at radius 2 is 1.95 bits per heavy atom. The van der Waals surface area contributed by atoms with Crippen molar-refractivity contribution < 1.29 is 13.9 Å². The van der Waals surface area contributed by atoms with Crippen LogP contribution in [0.15, 0.2) is 53.1 Å². The summed E-state index contributed by atoms with van der Waals surface area (Å²) in [6.45, 7) is 2.72. The van der Waals surface area contributed by atoms with Crippen molar-refractivity contribution in [3.05, 3.63) is 71.1 Å². The lowest BCUT2D eigenvalue weighted by molar-refractivity contribution is 0.0849. The van der Waals surface area contributed by atoms with Crippen molar-refractivity contribution in [1.82, 2.24) is 29.8 Å². The quantitative estimate of drug-likeness (QED) is 0.335. The van der Waals surface area contributed by atoms with E-state index in [0.717, 1.165) is 66.2 Å². The zero-order valence-corrected chi connectivity index (χ0v) is 21.9. The number of rotatable bonds is 6. The molecule has 2 aliphatic heterocycles. The number of furan rings is 1. The summed E-state index contributed by atoms with van der Waals surface area (Å²) in [5, 5.41) is 15.3. The van der Waals surface area contributed by atoms with Gasteiger partial charge in [0.25, 0.3) is 5.91 Å². The van der Waals surface area contributed by atoms with Crippen molar-refractivity contribution >= 4 is 34.2 Å². The zero-order valence-electron chi connectivity index (χ0n) is 21.9. The molecule has 39 heavy (non-hydrogen) atoms. The molecule has 1 amide bonds. The van der Waals surface area contributed by atoms with Crippen molar-refractivity contribution in [2.75, 3.05) is 32.6 Å². The number of anilines is 2. The monoisotopic (exact) mass is 523 g/mol. The molecular formula is C29H29N7O3. The van der Waals surface area contributed by atoms with E-state index < -0.39 is 0 Å². The number of pyridine rings is 2. The second-order valence-electron chi connectivity index (χ2n) is 10.4. The van der Waals surface area contributed by atoms with Crippen LogP contribution >= 0.6 is 0 Å². The Hall–Kier alpha value is -4.28. The smallest absolute Gasteiger partial charge is 0.254 e. The van der Waals surface area contributed by atoms with Gasteiger partial charge >= 0.3 is 0 Å². The van der Waals surface area contributed by atoms with Crippen LogP contribution in [0.5, 0.6) is 0 Å². The number of nitrogens with one attached hydrogen (secondary N) is 2. The van der Waals surface area contributed by atoms with E-state index in [9.17, 15) is 4.79 Å². The standard InChI is InChI=1S/C29H29N7O3/c1-35(2)16-22-18(17-9-12-38-13-10-17)4-7-25(32-22)31-21-5-3-19(20-15-30-29(37)27(20)21)28-34-33-26-8-6-24-23(36(26)28)11-14-39-24/h3-8,11,14,17H,9-10,12-13,15-16H2,1-2H3,(H,30,37)(H,31,32). The predicted octanol–water partition coefficient (Wildman–Crippen LogP) is 4.48. The summed E-state index contributed by atoms with van der Waals surface area (Å²) in [5.74, 6) is 1.71. The fourth-order valence-electron chi connectivity index (χ4n) is 5.78. The maximum Gasteiger partial charge on any atom is 0.254 e. The van der Waals surface area contributed by atoms with Crippen LogP contribution in [0.4, 0.5) is 11.5 Å². The third-order valence-corrected chi connectivity index (χ3v) is 7.59. The first-order valence-electron chi connectivity index (χ1n) is 13.2. The molecule has 0 bridgehead atoms. The summed E-state index contributed by atoms with van der Waals surface area (Å²) in [6.07, 6.45) is 3.67. The van der Waals surface area contributed by atoms with Crippen LogP contribution in [0.25, 0.3) is 28.1 Å².